The van der Waals surface area contributed by atoms with Gasteiger partial charge in [-0.15, -0.1) is 0 Å². The van der Waals surface area contributed by atoms with E-state index in [0.29, 0.717) is 6.07 Å². The summed E-state index contributed by atoms with van der Waals surface area (Å²) in [6, 6.07) is 2.57. The lowest BCUT2D eigenvalue weighted by molar-refractivity contribution is -0.176. The van der Waals surface area contributed by atoms with Crippen molar-refractivity contribution in [2.45, 2.75) is 17.9 Å². The SMILES string of the molecule is Nc1ccc(C2(N)C=CC=CC2C(F)(F)F)c(C(F)(F)F)c1. The molecular weight excluding hydrogens is 310 g/mol. The first-order chi connectivity index (χ1) is 9.96. The minimum Gasteiger partial charge on any atom is -0.399 e. The van der Waals surface area contributed by atoms with Crippen molar-refractivity contribution in [3.05, 3.63) is 53.6 Å². The second-order valence-corrected chi connectivity index (χ2v) is 5.00. The molecule has 2 atom stereocenters. The predicted octanol–water partition coefficient (Wildman–Crippen LogP) is 3.75. The summed E-state index contributed by atoms with van der Waals surface area (Å²) in [5.41, 5.74) is 6.57. The second kappa shape index (κ2) is 5.05. The number of alkyl halides is 6. The van der Waals surface area contributed by atoms with Crippen LogP contribution in [0.5, 0.6) is 0 Å². The lowest BCUT2D eigenvalue weighted by Gasteiger charge is -2.38. The smallest absolute Gasteiger partial charge is 0.399 e. The molecule has 1 aromatic carbocycles. The van der Waals surface area contributed by atoms with Gasteiger partial charge in [0, 0.05) is 5.69 Å². The highest BCUT2D eigenvalue weighted by Gasteiger charge is 2.53. The van der Waals surface area contributed by atoms with Gasteiger partial charge in [0.15, 0.2) is 0 Å². The van der Waals surface area contributed by atoms with Crippen LogP contribution >= 0.6 is 0 Å². The van der Waals surface area contributed by atoms with Gasteiger partial charge in [-0.1, -0.05) is 30.4 Å². The first kappa shape index (κ1) is 16.4. The largest absolute Gasteiger partial charge is 0.416 e. The Morgan fingerprint density at radius 3 is 2.18 bits per heavy atom. The molecule has 0 fully saturated rings. The molecule has 2 unspecified atom stereocenters. The summed E-state index contributed by atoms with van der Waals surface area (Å²) in [5, 5.41) is 0. The zero-order valence-corrected chi connectivity index (χ0v) is 11.0. The summed E-state index contributed by atoms with van der Waals surface area (Å²) in [4.78, 5) is 0. The zero-order chi connectivity index (χ0) is 16.8. The van der Waals surface area contributed by atoms with E-state index in [2.05, 4.69) is 0 Å². The van der Waals surface area contributed by atoms with Gasteiger partial charge in [-0.3, -0.25) is 0 Å². The van der Waals surface area contributed by atoms with Crippen molar-refractivity contribution < 1.29 is 26.3 Å². The number of hydrogen-bond acceptors (Lipinski definition) is 2. The maximum atomic E-state index is 13.2. The van der Waals surface area contributed by atoms with E-state index in [1.54, 1.807) is 0 Å². The number of nitrogens with two attached hydrogens (primary N) is 2. The van der Waals surface area contributed by atoms with Crippen LogP contribution < -0.4 is 11.5 Å². The van der Waals surface area contributed by atoms with Gasteiger partial charge in [-0.2, -0.15) is 26.3 Å². The number of nitrogen functional groups attached to an aromatic ring is 1. The fourth-order valence-electron chi connectivity index (χ4n) is 2.46. The Morgan fingerprint density at radius 2 is 1.64 bits per heavy atom. The standard InChI is InChI=1S/C14H12F6N2/c15-13(16,17)10-7-8(21)4-5-9(10)12(22)6-2-1-3-11(12)14(18,19)20/h1-7,11H,21-22H2. The highest BCUT2D eigenvalue weighted by Crippen LogP contribution is 2.46. The van der Waals surface area contributed by atoms with Gasteiger partial charge in [0.25, 0.3) is 0 Å². The maximum Gasteiger partial charge on any atom is 0.416 e. The van der Waals surface area contributed by atoms with Crippen molar-refractivity contribution in [3.63, 3.8) is 0 Å². The third kappa shape index (κ3) is 2.83. The van der Waals surface area contributed by atoms with Gasteiger partial charge in [0.1, 0.15) is 0 Å². The monoisotopic (exact) mass is 322 g/mol. The second-order valence-electron chi connectivity index (χ2n) is 5.00. The molecule has 0 bridgehead atoms. The lowest BCUT2D eigenvalue weighted by atomic mass is 9.74. The van der Waals surface area contributed by atoms with Crippen molar-refractivity contribution in [2.24, 2.45) is 11.7 Å². The van der Waals surface area contributed by atoms with E-state index in [1.165, 1.54) is 6.08 Å². The Labute approximate surface area is 122 Å². The Bertz CT molecular complexity index is 629. The van der Waals surface area contributed by atoms with Crippen LogP contribution in [-0.4, -0.2) is 6.18 Å². The van der Waals surface area contributed by atoms with Crippen LogP contribution in [0.3, 0.4) is 0 Å². The van der Waals surface area contributed by atoms with Gasteiger partial charge in [0.2, 0.25) is 0 Å². The number of benzene rings is 1. The number of halogens is 6. The van der Waals surface area contributed by atoms with Gasteiger partial charge in [-0.05, 0) is 17.7 Å². The molecule has 8 heteroatoms. The summed E-state index contributed by atoms with van der Waals surface area (Å²) >= 11 is 0. The van der Waals surface area contributed by atoms with Crippen LogP contribution in [0, 0.1) is 5.92 Å². The van der Waals surface area contributed by atoms with E-state index >= 15 is 0 Å². The normalized spacial score (nSPS) is 25.5. The van der Waals surface area contributed by atoms with Crippen molar-refractivity contribution in [2.75, 3.05) is 5.73 Å². The molecule has 1 aliphatic rings. The van der Waals surface area contributed by atoms with Gasteiger partial charge in [0.05, 0.1) is 17.0 Å². The molecule has 1 aliphatic carbocycles. The molecule has 0 amide bonds. The average Bonchev–Trinajstić information content (AvgIpc) is 2.36. The van der Waals surface area contributed by atoms with E-state index in [-0.39, 0.29) is 5.69 Å². The number of allylic oxidation sites excluding steroid dienone is 2. The quantitative estimate of drug-likeness (QED) is 0.611. The Hall–Kier alpha value is -1.96. The highest BCUT2D eigenvalue weighted by molar-refractivity contribution is 5.51. The Morgan fingerprint density at radius 1 is 1.00 bits per heavy atom. The Kier molecular flexibility index (Phi) is 3.76. The minimum atomic E-state index is -4.87. The molecule has 2 rings (SSSR count). The van der Waals surface area contributed by atoms with Crippen LogP contribution in [0.1, 0.15) is 11.1 Å². The van der Waals surface area contributed by atoms with Crippen molar-refractivity contribution in [1.29, 1.82) is 0 Å². The molecule has 22 heavy (non-hydrogen) atoms. The highest BCUT2D eigenvalue weighted by atomic mass is 19.4. The molecule has 1 aromatic rings. The van der Waals surface area contributed by atoms with E-state index in [1.807, 2.05) is 0 Å². The van der Waals surface area contributed by atoms with Crippen LogP contribution in [0.15, 0.2) is 42.5 Å². The molecule has 0 radical (unpaired) electrons. The van der Waals surface area contributed by atoms with Crippen LogP contribution in [0.2, 0.25) is 0 Å². The van der Waals surface area contributed by atoms with E-state index in [4.69, 9.17) is 11.5 Å². The number of anilines is 1. The average molecular weight is 322 g/mol. The topological polar surface area (TPSA) is 52.0 Å². The molecule has 0 heterocycles. The first-order valence-electron chi connectivity index (χ1n) is 6.15. The molecule has 2 nitrogen and oxygen atoms in total. The fraction of sp³-hybridized carbons (Fsp3) is 0.286. The number of rotatable bonds is 1. The van der Waals surface area contributed by atoms with E-state index < -0.39 is 34.9 Å². The molecular formula is C14H12F6N2. The molecule has 4 N–H and O–H groups in total. The first-order valence-corrected chi connectivity index (χ1v) is 6.15. The minimum absolute atomic E-state index is 0.210. The summed E-state index contributed by atoms with van der Waals surface area (Å²) < 4.78 is 78.9. The summed E-state index contributed by atoms with van der Waals surface area (Å²) in [6.07, 6.45) is -5.70. The third-order valence-electron chi connectivity index (χ3n) is 3.47. The molecule has 0 saturated carbocycles. The third-order valence-corrected chi connectivity index (χ3v) is 3.47. The zero-order valence-electron chi connectivity index (χ0n) is 11.0. The van der Waals surface area contributed by atoms with Crippen molar-refractivity contribution in [3.8, 4) is 0 Å². The summed E-state index contributed by atoms with van der Waals surface area (Å²) in [5.74, 6) is -2.27. The van der Waals surface area contributed by atoms with E-state index in [9.17, 15) is 26.3 Å². The van der Waals surface area contributed by atoms with Crippen molar-refractivity contribution >= 4 is 5.69 Å². The van der Waals surface area contributed by atoms with Gasteiger partial charge in [-0.25, -0.2) is 0 Å². The van der Waals surface area contributed by atoms with Gasteiger partial charge >= 0.3 is 12.4 Å². The molecule has 0 saturated heterocycles. The Balaban J connectivity index is 2.68. The van der Waals surface area contributed by atoms with Gasteiger partial charge < -0.3 is 11.5 Å². The molecule has 120 valence electrons. The predicted molar refractivity (Wildman–Crippen MR) is 69.5 cm³/mol. The summed E-state index contributed by atoms with van der Waals surface area (Å²) in [7, 11) is 0. The van der Waals surface area contributed by atoms with Crippen LogP contribution in [0.25, 0.3) is 0 Å². The molecule has 0 aromatic heterocycles. The maximum absolute atomic E-state index is 13.2. The molecule has 0 aliphatic heterocycles. The van der Waals surface area contributed by atoms with Crippen LogP contribution in [0.4, 0.5) is 32.0 Å². The van der Waals surface area contributed by atoms with E-state index in [0.717, 1.165) is 30.4 Å². The lowest BCUT2D eigenvalue weighted by Crippen LogP contribution is -2.50. The van der Waals surface area contributed by atoms with Crippen LogP contribution in [-0.2, 0) is 11.7 Å². The molecule has 0 spiro atoms. The summed E-state index contributed by atoms with van der Waals surface area (Å²) in [6.45, 7) is 0. The van der Waals surface area contributed by atoms with Crippen molar-refractivity contribution in [1.82, 2.24) is 0 Å². The fourth-order valence-corrected chi connectivity index (χ4v) is 2.46. The number of hydrogen-bond donors (Lipinski definition) is 2.